The van der Waals surface area contributed by atoms with Crippen molar-refractivity contribution in [3.05, 3.63) is 48.0 Å². The average molecular weight is 538 g/mol. The van der Waals surface area contributed by atoms with Crippen molar-refractivity contribution in [2.75, 3.05) is 37.3 Å². The second-order valence-corrected chi connectivity index (χ2v) is 14.0. The van der Waals surface area contributed by atoms with Gasteiger partial charge in [-0.2, -0.15) is 0 Å². The first kappa shape index (κ1) is 27.3. The summed E-state index contributed by atoms with van der Waals surface area (Å²) in [5.74, 6) is -0.361. The number of nitrogens with zero attached hydrogens (tertiary/aromatic N) is 3. The van der Waals surface area contributed by atoms with Gasteiger partial charge >= 0.3 is 0 Å². The number of anilines is 1. The zero-order valence-corrected chi connectivity index (χ0v) is 23.0. The fourth-order valence-corrected chi connectivity index (χ4v) is 6.39. The van der Waals surface area contributed by atoms with Crippen LogP contribution in [0.5, 0.6) is 0 Å². The molecule has 0 saturated carbocycles. The van der Waals surface area contributed by atoms with E-state index in [1.165, 1.54) is 29.5 Å². The van der Waals surface area contributed by atoms with Gasteiger partial charge in [0.15, 0.2) is 24.8 Å². The van der Waals surface area contributed by atoms with Crippen LogP contribution in [0, 0.1) is 0 Å². The van der Waals surface area contributed by atoms with Gasteiger partial charge in [0.05, 0.1) is 25.3 Å². The Morgan fingerprint density at radius 2 is 1.66 bits per heavy atom. The second-order valence-electron chi connectivity index (χ2n) is 8.50. The molecule has 8 nitrogen and oxygen atoms in total. The molecular formula is C24H31N3O5S3. The fourth-order valence-electron chi connectivity index (χ4n) is 3.54. The minimum Gasteiger partial charge on any atom is -0.302 e. The van der Waals surface area contributed by atoms with Gasteiger partial charge in [0.25, 0.3) is 5.91 Å². The summed E-state index contributed by atoms with van der Waals surface area (Å²) >= 11 is 1.23. The van der Waals surface area contributed by atoms with Crippen molar-refractivity contribution in [1.82, 2.24) is 9.88 Å². The van der Waals surface area contributed by atoms with E-state index in [1.807, 2.05) is 13.8 Å². The molecule has 3 aromatic rings. The summed E-state index contributed by atoms with van der Waals surface area (Å²) in [6, 6.07) is 10.8. The van der Waals surface area contributed by atoms with Gasteiger partial charge in [0, 0.05) is 24.9 Å². The van der Waals surface area contributed by atoms with E-state index in [0.717, 1.165) is 19.3 Å². The summed E-state index contributed by atoms with van der Waals surface area (Å²) in [5, 5.41) is -0.181. The van der Waals surface area contributed by atoms with Crippen LogP contribution in [-0.4, -0.2) is 70.3 Å². The van der Waals surface area contributed by atoms with E-state index in [4.69, 9.17) is 0 Å². The summed E-state index contributed by atoms with van der Waals surface area (Å²) in [6.07, 6.45) is 1.15. The molecule has 0 spiro atoms. The number of aromatic nitrogens is 1. The number of sulfone groups is 2. The Bertz CT molecular complexity index is 1430. The zero-order valence-electron chi connectivity index (χ0n) is 20.6. The lowest BCUT2D eigenvalue weighted by molar-refractivity contribution is 0.0983. The van der Waals surface area contributed by atoms with Crippen LogP contribution in [0.2, 0.25) is 0 Å². The molecule has 3 rings (SSSR count). The lowest BCUT2D eigenvalue weighted by Crippen LogP contribution is -2.39. The summed E-state index contributed by atoms with van der Waals surface area (Å²) in [5.41, 5.74) is 0.844. The number of thiazole rings is 1. The van der Waals surface area contributed by atoms with Crippen LogP contribution in [-0.2, 0) is 19.7 Å². The van der Waals surface area contributed by atoms with Gasteiger partial charge in [-0.3, -0.25) is 9.69 Å². The van der Waals surface area contributed by atoms with E-state index in [2.05, 4.69) is 9.88 Å². The Morgan fingerprint density at radius 3 is 2.26 bits per heavy atom. The molecule has 0 atom stereocenters. The molecule has 1 heterocycles. The highest BCUT2D eigenvalue weighted by Gasteiger charge is 2.25. The Morgan fingerprint density at radius 1 is 0.971 bits per heavy atom. The summed E-state index contributed by atoms with van der Waals surface area (Å²) < 4.78 is 50.0. The van der Waals surface area contributed by atoms with Crippen molar-refractivity contribution < 1.29 is 21.6 Å². The number of rotatable bonds is 10. The summed E-state index contributed by atoms with van der Waals surface area (Å²) in [7, 11) is -6.93. The van der Waals surface area contributed by atoms with Crippen molar-refractivity contribution in [3.63, 3.8) is 0 Å². The molecule has 190 valence electrons. The summed E-state index contributed by atoms with van der Waals surface area (Å²) in [4.78, 5) is 22.3. The predicted octanol–water partition coefficient (Wildman–Crippen LogP) is 3.87. The Kier molecular flexibility index (Phi) is 8.36. The highest BCUT2D eigenvalue weighted by atomic mass is 32.2. The normalized spacial score (nSPS) is 12.5. The highest BCUT2D eigenvalue weighted by molar-refractivity contribution is 7.92. The molecule has 11 heteroatoms. The molecule has 1 amide bonds. The van der Waals surface area contributed by atoms with Crippen LogP contribution in [0.25, 0.3) is 10.2 Å². The molecule has 0 bridgehead atoms. The largest absolute Gasteiger partial charge is 0.302 e. The molecule has 1 aromatic heterocycles. The Labute approximate surface area is 211 Å². The third kappa shape index (κ3) is 6.08. The minimum absolute atomic E-state index is 0.101. The van der Waals surface area contributed by atoms with Crippen molar-refractivity contribution >= 4 is 52.3 Å². The quantitative estimate of drug-likeness (QED) is 0.387. The average Bonchev–Trinajstić information content (AvgIpc) is 3.24. The van der Waals surface area contributed by atoms with E-state index < -0.39 is 24.9 Å². The van der Waals surface area contributed by atoms with Crippen LogP contribution in [0.15, 0.2) is 52.3 Å². The third-order valence-corrected chi connectivity index (χ3v) is 10.1. The fraction of sp³-hybridized carbons (Fsp3) is 0.417. The van der Waals surface area contributed by atoms with E-state index in [0.29, 0.717) is 28.4 Å². The van der Waals surface area contributed by atoms with E-state index in [9.17, 15) is 21.6 Å². The van der Waals surface area contributed by atoms with Crippen molar-refractivity contribution in [2.45, 2.75) is 42.7 Å². The van der Waals surface area contributed by atoms with Crippen LogP contribution >= 0.6 is 11.3 Å². The SMILES string of the molecule is CCN(CC)CCN(C(=O)c1cccc(S(=O)(=O)C(C)C)c1)c1nc2ccc(S(C)(=O)=O)cc2s1. The Balaban J connectivity index is 2.06. The lowest BCUT2D eigenvalue weighted by atomic mass is 10.2. The number of carbonyl (C=O) groups is 1. The van der Waals surface area contributed by atoms with Gasteiger partial charge in [0.1, 0.15) is 0 Å². The molecule has 2 aromatic carbocycles. The maximum absolute atomic E-state index is 13.7. The standard InChI is InChI=1S/C24H31N3O5S3/c1-6-26(7-2)13-14-27(23(28)18-9-8-10-20(15-18)35(31,32)17(3)4)24-25-21-12-11-19(34(5,29)30)16-22(21)33-24/h8-12,15-17H,6-7,13-14H2,1-5H3. The molecule has 0 unspecified atom stereocenters. The molecule has 0 fully saturated rings. The molecule has 35 heavy (non-hydrogen) atoms. The Hall–Kier alpha value is -2.34. The smallest absolute Gasteiger partial charge is 0.260 e. The van der Waals surface area contributed by atoms with Gasteiger partial charge < -0.3 is 4.90 Å². The number of hydrogen-bond acceptors (Lipinski definition) is 8. The molecule has 0 saturated heterocycles. The third-order valence-electron chi connectivity index (χ3n) is 5.82. The van der Waals surface area contributed by atoms with Gasteiger partial charge in [0.2, 0.25) is 0 Å². The van der Waals surface area contributed by atoms with Crippen LogP contribution in [0.1, 0.15) is 38.1 Å². The molecule has 0 radical (unpaired) electrons. The van der Waals surface area contributed by atoms with Crippen molar-refractivity contribution in [3.8, 4) is 0 Å². The van der Waals surface area contributed by atoms with Gasteiger partial charge in [-0.15, -0.1) is 0 Å². The first-order chi connectivity index (χ1) is 16.4. The molecular weight excluding hydrogens is 506 g/mol. The first-order valence-electron chi connectivity index (χ1n) is 11.4. The number of amides is 1. The molecule has 0 aliphatic rings. The van der Waals surface area contributed by atoms with E-state index in [-0.39, 0.29) is 21.3 Å². The number of likely N-dealkylation sites (N-methyl/N-ethyl adjacent to an activating group) is 1. The van der Waals surface area contributed by atoms with Crippen LogP contribution < -0.4 is 4.90 Å². The van der Waals surface area contributed by atoms with Crippen LogP contribution in [0.4, 0.5) is 5.13 Å². The number of fused-ring (bicyclic) bond motifs is 1. The lowest BCUT2D eigenvalue weighted by Gasteiger charge is -2.25. The minimum atomic E-state index is -3.55. The number of carbonyl (C=O) groups excluding carboxylic acids is 1. The van der Waals surface area contributed by atoms with Gasteiger partial charge in [-0.05, 0) is 63.3 Å². The van der Waals surface area contributed by atoms with Gasteiger partial charge in [-0.1, -0.05) is 31.3 Å². The first-order valence-corrected chi connectivity index (χ1v) is 15.6. The predicted molar refractivity (Wildman–Crippen MR) is 141 cm³/mol. The second kappa shape index (κ2) is 10.7. The highest BCUT2D eigenvalue weighted by Crippen LogP contribution is 2.32. The van der Waals surface area contributed by atoms with E-state index in [1.54, 1.807) is 43.0 Å². The maximum atomic E-state index is 13.7. The van der Waals surface area contributed by atoms with Crippen LogP contribution in [0.3, 0.4) is 0 Å². The summed E-state index contributed by atoms with van der Waals surface area (Å²) in [6.45, 7) is 9.88. The monoisotopic (exact) mass is 537 g/mol. The maximum Gasteiger partial charge on any atom is 0.260 e. The van der Waals surface area contributed by atoms with Gasteiger partial charge in [-0.25, -0.2) is 21.8 Å². The van der Waals surface area contributed by atoms with Crippen molar-refractivity contribution in [1.29, 1.82) is 0 Å². The molecule has 0 aliphatic carbocycles. The number of benzene rings is 2. The molecule has 0 N–H and O–H groups in total. The van der Waals surface area contributed by atoms with Crippen molar-refractivity contribution in [2.24, 2.45) is 0 Å². The topological polar surface area (TPSA) is 105 Å². The molecule has 0 aliphatic heterocycles. The zero-order chi connectivity index (χ0) is 26.0. The van der Waals surface area contributed by atoms with E-state index >= 15 is 0 Å². The number of hydrogen-bond donors (Lipinski definition) is 0.